The first-order chi connectivity index (χ1) is 5.52. The molecule has 0 aliphatic heterocycles. The quantitative estimate of drug-likeness (QED) is 0.599. The van der Waals surface area contributed by atoms with Gasteiger partial charge in [0, 0.05) is 12.5 Å². The number of hydrogen-bond donors (Lipinski definition) is 2. The van der Waals surface area contributed by atoms with Crippen LogP contribution in [0.2, 0.25) is 0 Å². The van der Waals surface area contributed by atoms with Crippen molar-refractivity contribution in [3.63, 3.8) is 0 Å². The molecule has 0 aliphatic rings. The first-order valence-electron chi connectivity index (χ1n) is 4.23. The molecular formula is C9H18N2O. The average Bonchev–Trinajstić information content (AvgIpc) is 1.84. The fraction of sp³-hybridized carbons (Fsp3) is 0.667. The normalized spacial score (nSPS) is 14.0. The Kier molecular flexibility index (Phi) is 5.37. The van der Waals surface area contributed by atoms with E-state index in [0.29, 0.717) is 5.92 Å². The fourth-order valence-electron chi connectivity index (χ4n) is 0.982. The summed E-state index contributed by atoms with van der Waals surface area (Å²) in [7, 11) is 0. The van der Waals surface area contributed by atoms with Gasteiger partial charge in [-0.05, 0) is 12.3 Å². The maximum Gasteiger partial charge on any atom is 0.221 e. The highest BCUT2D eigenvalue weighted by atomic mass is 16.1. The van der Waals surface area contributed by atoms with E-state index in [1.165, 1.54) is 0 Å². The average molecular weight is 170 g/mol. The van der Waals surface area contributed by atoms with Crippen molar-refractivity contribution in [2.75, 3.05) is 0 Å². The molecule has 3 nitrogen and oxygen atoms in total. The highest BCUT2D eigenvalue weighted by Crippen LogP contribution is 2.03. The van der Waals surface area contributed by atoms with Crippen LogP contribution >= 0.6 is 0 Å². The van der Waals surface area contributed by atoms with Gasteiger partial charge in [-0.15, -0.1) is 0 Å². The molecule has 0 spiro atoms. The first kappa shape index (κ1) is 11.2. The number of rotatable bonds is 5. The van der Waals surface area contributed by atoms with Crippen molar-refractivity contribution >= 4 is 5.91 Å². The van der Waals surface area contributed by atoms with E-state index in [0.717, 1.165) is 6.42 Å². The van der Waals surface area contributed by atoms with Crippen LogP contribution in [0.3, 0.4) is 0 Å². The second-order valence-corrected chi connectivity index (χ2v) is 3.39. The van der Waals surface area contributed by atoms with E-state index in [4.69, 9.17) is 11.5 Å². The smallest absolute Gasteiger partial charge is 0.221 e. The van der Waals surface area contributed by atoms with Crippen LogP contribution in [0.4, 0.5) is 0 Å². The topological polar surface area (TPSA) is 69.1 Å². The Labute approximate surface area is 73.8 Å². The molecule has 3 heteroatoms. The molecule has 0 bridgehead atoms. The molecule has 0 aromatic heterocycles. The summed E-state index contributed by atoms with van der Waals surface area (Å²) in [6, 6.07) is 0.0457. The first-order valence-corrected chi connectivity index (χ1v) is 4.23. The SMILES string of the molecule is CC(C)CC(N)/C=C/CC(N)=O. The highest BCUT2D eigenvalue weighted by molar-refractivity contribution is 5.75. The van der Waals surface area contributed by atoms with Crippen LogP contribution in [-0.2, 0) is 4.79 Å². The van der Waals surface area contributed by atoms with Crippen molar-refractivity contribution in [2.24, 2.45) is 17.4 Å². The minimum atomic E-state index is -0.317. The van der Waals surface area contributed by atoms with Gasteiger partial charge in [0.2, 0.25) is 5.91 Å². The Balaban J connectivity index is 3.60. The van der Waals surface area contributed by atoms with Crippen LogP contribution in [-0.4, -0.2) is 11.9 Å². The van der Waals surface area contributed by atoms with Crippen LogP contribution in [0, 0.1) is 5.92 Å². The Bertz CT molecular complexity index is 164. The summed E-state index contributed by atoms with van der Waals surface area (Å²) in [5, 5.41) is 0. The Morgan fingerprint density at radius 2 is 2.08 bits per heavy atom. The second-order valence-electron chi connectivity index (χ2n) is 3.39. The Morgan fingerprint density at radius 3 is 2.50 bits per heavy atom. The second kappa shape index (κ2) is 5.77. The molecule has 0 saturated heterocycles. The van der Waals surface area contributed by atoms with Crippen LogP contribution < -0.4 is 11.5 Å². The van der Waals surface area contributed by atoms with Crippen LogP contribution in [0.5, 0.6) is 0 Å². The van der Waals surface area contributed by atoms with Crippen molar-refractivity contribution in [3.05, 3.63) is 12.2 Å². The van der Waals surface area contributed by atoms with E-state index in [1.807, 2.05) is 6.08 Å². The molecule has 0 radical (unpaired) electrons. The van der Waals surface area contributed by atoms with E-state index in [1.54, 1.807) is 6.08 Å². The van der Waals surface area contributed by atoms with Crippen molar-refractivity contribution in [3.8, 4) is 0 Å². The number of primary amides is 1. The minimum Gasteiger partial charge on any atom is -0.369 e. The number of amides is 1. The molecule has 0 saturated carbocycles. The summed E-state index contributed by atoms with van der Waals surface area (Å²) in [5.41, 5.74) is 10.7. The molecule has 0 heterocycles. The Hall–Kier alpha value is -0.830. The van der Waals surface area contributed by atoms with E-state index < -0.39 is 0 Å². The van der Waals surface area contributed by atoms with Gasteiger partial charge in [-0.1, -0.05) is 26.0 Å². The molecule has 1 unspecified atom stereocenters. The summed E-state index contributed by atoms with van der Waals surface area (Å²) in [5.74, 6) is 0.265. The summed E-state index contributed by atoms with van der Waals surface area (Å²) in [6.45, 7) is 4.23. The van der Waals surface area contributed by atoms with E-state index in [2.05, 4.69) is 13.8 Å². The minimum absolute atomic E-state index is 0.0457. The number of carbonyl (C=O) groups is 1. The zero-order chi connectivity index (χ0) is 9.56. The molecule has 70 valence electrons. The van der Waals surface area contributed by atoms with Crippen LogP contribution in [0.25, 0.3) is 0 Å². The lowest BCUT2D eigenvalue weighted by atomic mass is 10.0. The van der Waals surface area contributed by atoms with Crippen molar-refractivity contribution < 1.29 is 4.79 Å². The largest absolute Gasteiger partial charge is 0.369 e. The summed E-state index contributed by atoms with van der Waals surface area (Å²) in [6.07, 6.45) is 4.79. The third kappa shape index (κ3) is 7.28. The zero-order valence-corrected chi connectivity index (χ0v) is 7.79. The molecule has 12 heavy (non-hydrogen) atoms. The van der Waals surface area contributed by atoms with Crippen molar-refractivity contribution in [1.82, 2.24) is 0 Å². The van der Waals surface area contributed by atoms with Gasteiger partial charge in [0.15, 0.2) is 0 Å². The predicted molar refractivity (Wildman–Crippen MR) is 50.4 cm³/mol. The third-order valence-corrected chi connectivity index (χ3v) is 1.45. The standard InChI is InChI=1S/C9H18N2O/c1-7(2)6-8(10)4-3-5-9(11)12/h3-4,7-8H,5-6,10H2,1-2H3,(H2,11,12)/b4-3+. The van der Waals surface area contributed by atoms with Crippen molar-refractivity contribution in [1.29, 1.82) is 0 Å². The molecule has 0 aromatic carbocycles. The van der Waals surface area contributed by atoms with Gasteiger partial charge in [-0.2, -0.15) is 0 Å². The molecule has 1 amide bonds. The maximum absolute atomic E-state index is 10.3. The van der Waals surface area contributed by atoms with Gasteiger partial charge in [0.25, 0.3) is 0 Å². The number of hydrogen-bond acceptors (Lipinski definition) is 2. The van der Waals surface area contributed by atoms with E-state index >= 15 is 0 Å². The van der Waals surface area contributed by atoms with Crippen LogP contribution in [0.1, 0.15) is 26.7 Å². The monoisotopic (exact) mass is 170 g/mol. The summed E-state index contributed by atoms with van der Waals surface area (Å²) in [4.78, 5) is 10.3. The van der Waals surface area contributed by atoms with Gasteiger partial charge in [0.1, 0.15) is 0 Å². The zero-order valence-electron chi connectivity index (χ0n) is 7.79. The third-order valence-electron chi connectivity index (χ3n) is 1.45. The van der Waals surface area contributed by atoms with E-state index in [-0.39, 0.29) is 18.4 Å². The molecule has 0 aliphatic carbocycles. The summed E-state index contributed by atoms with van der Waals surface area (Å²) >= 11 is 0. The lowest BCUT2D eigenvalue weighted by Crippen LogP contribution is -2.19. The molecule has 1 atom stereocenters. The predicted octanol–water partition coefficient (Wildman–Crippen LogP) is 0.791. The van der Waals surface area contributed by atoms with Gasteiger partial charge >= 0.3 is 0 Å². The number of nitrogens with two attached hydrogens (primary N) is 2. The van der Waals surface area contributed by atoms with Gasteiger partial charge in [-0.3, -0.25) is 4.79 Å². The molecule has 0 fully saturated rings. The van der Waals surface area contributed by atoms with Gasteiger partial charge < -0.3 is 11.5 Å². The maximum atomic E-state index is 10.3. The van der Waals surface area contributed by atoms with E-state index in [9.17, 15) is 4.79 Å². The van der Waals surface area contributed by atoms with Crippen LogP contribution in [0.15, 0.2) is 12.2 Å². The molecule has 0 rings (SSSR count). The number of carbonyl (C=O) groups excluding carboxylic acids is 1. The lowest BCUT2D eigenvalue weighted by Gasteiger charge is -2.08. The molecule has 0 aromatic rings. The highest BCUT2D eigenvalue weighted by Gasteiger charge is 2.00. The van der Waals surface area contributed by atoms with Gasteiger partial charge in [0.05, 0.1) is 0 Å². The lowest BCUT2D eigenvalue weighted by molar-refractivity contribution is -0.117. The van der Waals surface area contributed by atoms with Crippen molar-refractivity contribution in [2.45, 2.75) is 32.7 Å². The van der Waals surface area contributed by atoms with Gasteiger partial charge in [-0.25, -0.2) is 0 Å². The molecule has 4 N–H and O–H groups in total. The Morgan fingerprint density at radius 1 is 1.50 bits per heavy atom. The molecular weight excluding hydrogens is 152 g/mol. The summed E-state index contributed by atoms with van der Waals surface area (Å²) < 4.78 is 0. The fourth-order valence-corrected chi connectivity index (χ4v) is 0.982.